The number of fused-ring (bicyclic) bond motifs is 1. The van der Waals surface area contributed by atoms with Crippen LogP contribution in [0, 0.1) is 0 Å². The zero-order chi connectivity index (χ0) is 14.0. The zero-order valence-corrected chi connectivity index (χ0v) is 12.2. The van der Waals surface area contributed by atoms with Gasteiger partial charge in [0.25, 0.3) is 0 Å². The first kappa shape index (κ1) is 13.4. The van der Waals surface area contributed by atoms with Gasteiger partial charge in [-0.15, -0.1) is 11.3 Å². The predicted octanol–water partition coefficient (Wildman–Crippen LogP) is 3.23. The predicted molar refractivity (Wildman–Crippen MR) is 83.9 cm³/mol. The molecule has 2 aromatic heterocycles. The molecule has 20 heavy (non-hydrogen) atoms. The number of aliphatic hydroxyl groups is 1. The molecule has 0 aliphatic rings. The van der Waals surface area contributed by atoms with Crippen LogP contribution in [0.4, 0.5) is 0 Å². The van der Waals surface area contributed by atoms with Gasteiger partial charge in [0, 0.05) is 35.1 Å². The first-order valence-corrected chi connectivity index (χ1v) is 7.57. The fraction of sp³-hybridized carbons (Fsp3) is 0.250. The minimum atomic E-state index is -0.819. The summed E-state index contributed by atoms with van der Waals surface area (Å²) in [4.78, 5) is 4.20. The zero-order valence-electron chi connectivity index (χ0n) is 11.4. The molecule has 0 fully saturated rings. The van der Waals surface area contributed by atoms with E-state index in [0.717, 1.165) is 16.9 Å². The molecule has 0 aliphatic carbocycles. The van der Waals surface area contributed by atoms with Gasteiger partial charge in [-0.05, 0) is 36.1 Å². The standard InChI is InChI=1S/C16H18N2OS/c1-16(19,15-6-3-9-20-15)11-17-10-12-4-2-5-14-13(12)7-8-18-14/h2-9,17-19H,10-11H2,1H3. The molecule has 0 radical (unpaired) electrons. The van der Waals surface area contributed by atoms with E-state index >= 15 is 0 Å². The van der Waals surface area contributed by atoms with Crippen LogP contribution in [-0.4, -0.2) is 16.6 Å². The molecule has 1 unspecified atom stereocenters. The van der Waals surface area contributed by atoms with Crippen LogP contribution in [0.3, 0.4) is 0 Å². The third-order valence-corrected chi connectivity index (χ3v) is 4.64. The first-order valence-electron chi connectivity index (χ1n) is 6.69. The number of nitrogens with one attached hydrogen (secondary N) is 2. The highest BCUT2D eigenvalue weighted by Gasteiger charge is 2.23. The van der Waals surface area contributed by atoms with Crippen molar-refractivity contribution < 1.29 is 5.11 Å². The molecule has 0 bridgehead atoms. The van der Waals surface area contributed by atoms with E-state index in [-0.39, 0.29) is 0 Å². The van der Waals surface area contributed by atoms with Crippen molar-refractivity contribution in [2.75, 3.05) is 6.54 Å². The first-order chi connectivity index (χ1) is 9.67. The van der Waals surface area contributed by atoms with E-state index in [1.54, 1.807) is 11.3 Å². The summed E-state index contributed by atoms with van der Waals surface area (Å²) in [6, 6.07) is 12.3. The summed E-state index contributed by atoms with van der Waals surface area (Å²) < 4.78 is 0. The van der Waals surface area contributed by atoms with Crippen LogP contribution >= 0.6 is 11.3 Å². The topological polar surface area (TPSA) is 48.0 Å². The van der Waals surface area contributed by atoms with Gasteiger partial charge in [-0.2, -0.15) is 0 Å². The second-order valence-corrected chi connectivity index (χ2v) is 6.16. The molecule has 1 aromatic carbocycles. The molecule has 2 heterocycles. The summed E-state index contributed by atoms with van der Waals surface area (Å²) in [6.45, 7) is 3.13. The molecule has 0 spiro atoms. The summed E-state index contributed by atoms with van der Waals surface area (Å²) in [5.41, 5.74) is 1.57. The number of benzene rings is 1. The molecular formula is C16H18N2OS. The summed E-state index contributed by atoms with van der Waals surface area (Å²) in [5, 5.41) is 17.0. The van der Waals surface area contributed by atoms with E-state index in [1.807, 2.05) is 36.7 Å². The van der Waals surface area contributed by atoms with Crippen molar-refractivity contribution in [2.45, 2.75) is 19.1 Å². The Bertz CT molecular complexity index is 685. The highest BCUT2D eigenvalue weighted by atomic mass is 32.1. The Morgan fingerprint density at radius 1 is 1.25 bits per heavy atom. The van der Waals surface area contributed by atoms with E-state index < -0.39 is 5.60 Å². The van der Waals surface area contributed by atoms with E-state index in [4.69, 9.17) is 0 Å². The average Bonchev–Trinajstić information content (AvgIpc) is 3.10. The fourth-order valence-corrected chi connectivity index (χ4v) is 3.20. The highest BCUT2D eigenvalue weighted by Crippen LogP contribution is 2.24. The number of aromatic nitrogens is 1. The number of aromatic amines is 1. The van der Waals surface area contributed by atoms with Gasteiger partial charge in [0.15, 0.2) is 0 Å². The maximum atomic E-state index is 10.5. The van der Waals surface area contributed by atoms with E-state index in [2.05, 4.69) is 28.5 Å². The van der Waals surface area contributed by atoms with E-state index in [0.29, 0.717) is 6.54 Å². The lowest BCUT2D eigenvalue weighted by molar-refractivity contribution is 0.0605. The Kier molecular flexibility index (Phi) is 3.61. The third-order valence-electron chi connectivity index (χ3n) is 3.52. The van der Waals surface area contributed by atoms with Gasteiger partial charge in [0.05, 0.1) is 0 Å². The Morgan fingerprint density at radius 2 is 2.15 bits per heavy atom. The number of rotatable bonds is 5. The molecular weight excluding hydrogens is 268 g/mol. The molecule has 4 heteroatoms. The summed E-state index contributed by atoms with van der Waals surface area (Å²) >= 11 is 1.59. The Labute approximate surface area is 122 Å². The second kappa shape index (κ2) is 5.40. The van der Waals surface area contributed by atoms with Crippen molar-refractivity contribution in [1.82, 2.24) is 10.3 Å². The molecule has 0 amide bonds. The minimum Gasteiger partial charge on any atom is -0.383 e. The lowest BCUT2D eigenvalue weighted by atomic mass is 10.0. The maximum Gasteiger partial charge on any atom is 0.108 e. The lowest BCUT2D eigenvalue weighted by Gasteiger charge is -2.22. The molecule has 0 aliphatic heterocycles. The van der Waals surface area contributed by atoms with Crippen LogP contribution in [0.5, 0.6) is 0 Å². The lowest BCUT2D eigenvalue weighted by Crippen LogP contribution is -2.34. The number of hydrogen-bond donors (Lipinski definition) is 3. The van der Waals surface area contributed by atoms with Crippen LogP contribution in [0.2, 0.25) is 0 Å². The number of hydrogen-bond acceptors (Lipinski definition) is 3. The van der Waals surface area contributed by atoms with Gasteiger partial charge in [-0.25, -0.2) is 0 Å². The molecule has 3 aromatic rings. The van der Waals surface area contributed by atoms with E-state index in [9.17, 15) is 5.11 Å². The van der Waals surface area contributed by atoms with Crippen molar-refractivity contribution in [2.24, 2.45) is 0 Å². The largest absolute Gasteiger partial charge is 0.383 e. The van der Waals surface area contributed by atoms with Crippen LogP contribution < -0.4 is 5.32 Å². The quantitative estimate of drug-likeness (QED) is 0.674. The highest BCUT2D eigenvalue weighted by molar-refractivity contribution is 7.10. The van der Waals surface area contributed by atoms with Crippen molar-refractivity contribution in [3.63, 3.8) is 0 Å². The fourth-order valence-electron chi connectivity index (χ4n) is 2.42. The van der Waals surface area contributed by atoms with E-state index in [1.165, 1.54) is 10.9 Å². The molecule has 104 valence electrons. The molecule has 1 atom stereocenters. The smallest absolute Gasteiger partial charge is 0.108 e. The Morgan fingerprint density at radius 3 is 2.95 bits per heavy atom. The van der Waals surface area contributed by atoms with Crippen molar-refractivity contribution in [3.05, 3.63) is 58.4 Å². The van der Waals surface area contributed by atoms with Crippen molar-refractivity contribution >= 4 is 22.2 Å². The molecule has 0 saturated carbocycles. The molecule has 3 N–H and O–H groups in total. The van der Waals surface area contributed by atoms with Gasteiger partial charge in [-0.3, -0.25) is 0 Å². The third kappa shape index (κ3) is 2.63. The normalized spacial score (nSPS) is 14.5. The Balaban J connectivity index is 1.67. The van der Waals surface area contributed by atoms with Crippen molar-refractivity contribution in [3.8, 4) is 0 Å². The van der Waals surface area contributed by atoms with Gasteiger partial charge in [0.1, 0.15) is 5.60 Å². The van der Waals surface area contributed by atoms with Gasteiger partial charge in [-0.1, -0.05) is 18.2 Å². The Hall–Kier alpha value is -1.62. The average molecular weight is 286 g/mol. The van der Waals surface area contributed by atoms with Crippen LogP contribution in [0.15, 0.2) is 48.0 Å². The molecule has 3 nitrogen and oxygen atoms in total. The van der Waals surface area contributed by atoms with Gasteiger partial charge >= 0.3 is 0 Å². The summed E-state index contributed by atoms with van der Waals surface area (Å²) in [7, 11) is 0. The second-order valence-electron chi connectivity index (χ2n) is 5.21. The number of H-pyrrole nitrogens is 1. The van der Waals surface area contributed by atoms with Crippen LogP contribution in [0.25, 0.3) is 10.9 Å². The number of thiophene rings is 1. The van der Waals surface area contributed by atoms with Gasteiger partial charge in [0.2, 0.25) is 0 Å². The van der Waals surface area contributed by atoms with Gasteiger partial charge < -0.3 is 15.4 Å². The maximum absolute atomic E-state index is 10.5. The van der Waals surface area contributed by atoms with Crippen molar-refractivity contribution in [1.29, 1.82) is 0 Å². The summed E-state index contributed by atoms with van der Waals surface area (Å²) in [5.74, 6) is 0. The van der Waals surface area contributed by atoms with Crippen LogP contribution in [-0.2, 0) is 12.1 Å². The minimum absolute atomic E-state index is 0.536. The van der Waals surface area contributed by atoms with Crippen LogP contribution in [0.1, 0.15) is 17.4 Å². The SMILES string of the molecule is CC(O)(CNCc1cccc2[nH]ccc12)c1cccs1. The molecule has 0 saturated heterocycles. The summed E-state index contributed by atoms with van der Waals surface area (Å²) in [6.07, 6.45) is 1.95. The molecule has 3 rings (SSSR count). The monoisotopic (exact) mass is 286 g/mol.